The van der Waals surface area contributed by atoms with Crippen molar-refractivity contribution in [2.75, 3.05) is 27.4 Å². The molecule has 1 unspecified atom stereocenters. The fourth-order valence-electron chi connectivity index (χ4n) is 3.83. The number of amides is 1. The molecular weight excluding hydrogens is 402 g/mol. The molecule has 0 saturated heterocycles. The molecule has 3 heterocycles. The second-order valence-electron chi connectivity index (χ2n) is 7.28. The van der Waals surface area contributed by atoms with Crippen molar-refractivity contribution >= 4 is 22.7 Å². The van der Waals surface area contributed by atoms with Crippen LogP contribution in [0.1, 0.15) is 34.5 Å². The number of ketones is 1. The molecule has 8 nitrogen and oxygen atoms in total. The second-order valence-corrected chi connectivity index (χ2v) is 7.28. The van der Waals surface area contributed by atoms with Crippen LogP contribution < -0.4 is 4.74 Å². The van der Waals surface area contributed by atoms with E-state index in [4.69, 9.17) is 18.3 Å². The van der Waals surface area contributed by atoms with Crippen LogP contribution >= 0.6 is 0 Å². The van der Waals surface area contributed by atoms with Gasteiger partial charge < -0.3 is 28.3 Å². The summed E-state index contributed by atoms with van der Waals surface area (Å²) in [5.41, 5.74) is 0.342. The lowest BCUT2D eigenvalue weighted by molar-refractivity contribution is -0.129. The Labute approximate surface area is 178 Å². The number of fused-ring (bicyclic) bond motifs is 1. The van der Waals surface area contributed by atoms with E-state index < -0.39 is 23.5 Å². The van der Waals surface area contributed by atoms with Crippen molar-refractivity contribution in [3.63, 3.8) is 0 Å². The third kappa shape index (κ3) is 3.59. The predicted molar refractivity (Wildman–Crippen MR) is 111 cm³/mol. The van der Waals surface area contributed by atoms with Gasteiger partial charge in [-0.1, -0.05) is 12.1 Å². The molecule has 1 N–H and O–H groups in total. The van der Waals surface area contributed by atoms with Crippen molar-refractivity contribution in [3.05, 3.63) is 65.0 Å². The number of methoxy groups -OCH3 is 2. The first-order chi connectivity index (χ1) is 15.0. The van der Waals surface area contributed by atoms with Crippen molar-refractivity contribution < 1.29 is 33.0 Å². The molecule has 0 fully saturated rings. The summed E-state index contributed by atoms with van der Waals surface area (Å²) >= 11 is 0. The molecule has 0 bridgehead atoms. The maximum atomic E-state index is 13.4. The highest BCUT2D eigenvalue weighted by atomic mass is 16.5. The Morgan fingerprint density at radius 3 is 2.68 bits per heavy atom. The van der Waals surface area contributed by atoms with E-state index in [-0.39, 0.29) is 17.9 Å². The smallest absolute Gasteiger partial charge is 0.290 e. The van der Waals surface area contributed by atoms with Crippen LogP contribution in [0, 0.1) is 6.92 Å². The minimum atomic E-state index is -0.860. The van der Waals surface area contributed by atoms with Gasteiger partial charge in [0.2, 0.25) is 5.78 Å². The molecule has 0 radical (unpaired) electrons. The van der Waals surface area contributed by atoms with Crippen molar-refractivity contribution in [2.45, 2.75) is 19.4 Å². The molecule has 1 aliphatic rings. The molecule has 2 aromatic heterocycles. The number of hydrogen-bond acceptors (Lipinski definition) is 7. The van der Waals surface area contributed by atoms with Crippen LogP contribution in [0.4, 0.5) is 0 Å². The number of aryl methyl sites for hydroxylation is 1. The fraction of sp³-hybridized carbons (Fsp3) is 0.304. The second kappa shape index (κ2) is 8.31. The molecule has 1 atom stereocenters. The van der Waals surface area contributed by atoms with E-state index >= 15 is 0 Å². The van der Waals surface area contributed by atoms with E-state index in [0.717, 1.165) is 0 Å². The van der Waals surface area contributed by atoms with Crippen molar-refractivity contribution in [2.24, 2.45) is 0 Å². The van der Waals surface area contributed by atoms with Crippen molar-refractivity contribution in [3.8, 4) is 5.75 Å². The molecular formula is C23H23NO7. The molecule has 1 amide bonds. The number of ether oxygens (including phenoxy) is 2. The molecule has 162 valence electrons. The van der Waals surface area contributed by atoms with Gasteiger partial charge in [-0.25, -0.2) is 0 Å². The maximum absolute atomic E-state index is 13.4. The van der Waals surface area contributed by atoms with Crippen molar-refractivity contribution in [1.82, 2.24) is 4.90 Å². The summed E-state index contributed by atoms with van der Waals surface area (Å²) in [7, 11) is 3.08. The Morgan fingerprint density at radius 1 is 1.19 bits per heavy atom. The van der Waals surface area contributed by atoms with E-state index in [1.165, 1.54) is 12.0 Å². The Morgan fingerprint density at radius 2 is 2.00 bits per heavy atom. The van der Waals surface area contributed by atoms with Gasteiger partial charge in [0.1, 0.15) is 17.6 Å². The topological polar surface area (TPSA) is 102 Å². The van der Waals surface area contributed by atoms with Gasteiger partial charge in [0.25, 0.3) is 5.91 Å². The summed E-state index contributed by atoms with van der Waals surface area (Å²) in [6.07, 6.45) is 0.537. The largest absolute Gasteiger partial charge is 0.503 e. The summed E-state index contributed by atoms with van der Waals surface area (Å²) in [6, 6.07) is 9.45. The number of benzene rings is 1. The van der Waals surface area contributed by atoms with E-state index in [0.29, 0.717) is 41.3 Å². The minimum absolute atomic E-state index is 0.000805. The molecule has 1 aromatic carbocycles. The average molecular weight is 425 g/mol. The number of para-hydroxylation sites is 1. The van der Waals surface area contributed by atoms with Gasteiger partial charge in [-0.05, 0) is 37.6 Å². The maximum Gasteiger partial charge on any atom is 0.290 e. The monoisotopic (exact) mass is 425 g/mol. The van der Waals surface area contributed by atoms with E-state index in [1.54, 1.807) is 50.4 Å². The first-order valence-corrected chi connectivity index (χ1v) is 9.87. The van der Waals surface area contributed by atoms with Crippen LogP contribution in [0.15, 0.2) is 56.6 Å². The van der Waals surface area contributed by atoms with Gasteiger partial charge in [-0.2, -0.15) is 0 Å². The van der Waals surface area contributed by atoms with Crippen LogP contribution in [0.3, 0.4) is 0 Å². The normalized spacial score (nSPS) is 16.5. The van der Waals surface area contributed by atoms with Crippen molar-refractivity contribution in [1.29, 1.82) is 0 Å². The summed E-state index contributed by atoms with van der Waals surface area (Å²) in [6.45, 7) is 2.49. The lowest BCUT2D eigenvalue weighted by atomic mass is 9.99. The third-order valence-corrected chi connectivity index (χ3v) is 5.28. The van der Waals surface area contributed by atoms with Crippen LogP contribution in [0.25, 0.3) is 11.0 Å². The third-order valence-electron chi connectivity index (χ3n) is 5.28. The molecule has 31 heavy (non-hydrogen) atoms. The Hall–Kier alpha value is -3.52. The average Bonchev–Trinajstić information content (AvgIpc) is 3.45. The predicted octanol–water partition coefficient (Wildman–Crippen LogP) is 3.96. The number of aliphatic hydroxyl groups is 1. The minimum Gasteiger partial charge on any atom is -0.503 e. The van der Waals surface area contributed by atoms with Gasteiger partial charge in [-0.15, -0.1) is 0 Å². The Kier molecular flexibility index (Phi) is 5.56. The summed E-state index contributed by atoms with van der Waals surface area (Å²) < 4.78 is 21.9. The molecule has 8 heteroatoms. The highest BCUT2D eigenvalue weighted by molar-refractivity contribution is 6.16. The van der Waals surface area contributed by atoms with Gasteiger partial charge in [0.05, 0.1) is 12.7 Å². The number of hydrogen-bond donors (Lipinski definition) is 1. The zero-order chi connectivity index (χ0) is 22.1. The SMILES string of the molecule is COCCCN1C(=O)C(O)=C(C(=O)c2cc3cccc(OC)c3o2)C1c1ccc(C)o1. The number of carbonyl (C=O) groups excluding carboxylic acids is 2. The molecule has 0 aliphatic carbocycles. The lowest BCUT2D eigenvalue weighted by Gasteiger charge is -2.24. The van der Waals surface area contributed by atoms with Gasteiger partial charge in [0.15, 0.2) is 22.9 Å². The van der Waals surface area contributed by atoms with Gasteiger partial charge in [0, 0.05) is 25.6 Å². The van der Waals surface area contributed by atoms with E-state index in [9.17, 15) is 14.7 Å². The zero-order valence-electron chi connectivity index (χ0n) is 17.5. The molecule has 4 rings (SSSR count). The summed E-state index contributed by atoms with van der Waals surface area (Å²) in [5.74, 6) is -0.314. The van der Waals surface area contributed by atoms with E-state index in [2.05, 4.69) is 0 Å². The number of Topliss-reactive ketones (excluding diaryl/α,β-unsaturated/α-hetero) is 1. The standard InChI is InChI=1S/C23H23NO7/c1-13-8-9-15(30-13)19-18(21(26)23(27)24(19)10-5-11-28-2)20(25)17-12-14-6-4-7-16(29-3)22(14)31-17/h4,6-9,12,19,26H,5,10-11H2,1-3H3. The lowest BCUT2D eigenvalue weighted by Crippen LogP contribution is -2.32. The van der Waals surface area contributed by atoms with Crippen LogP contribution in [-0.2, 0) is 9.53 Å². The first-order valence-electron chi connectivity index (χ1n) is 9.87. The molecule has 0 spiro atoms. The number of furan rings is 2. The highest BCUT2D eigenvalue weighted by Crippen LogP contribution is 2.40. The van der Waals surface area contributed by atoms with Crippen LogP contribution in [-0.4, -0.2) is 49.1 Å². The van der Waals surface area contributed by atoms with Crippen LogP contribution in [0.5, 0.6) is 5.75 Å². The molecule has 3 aromatic rings. The Balaban J connectivity index is 1.77. The Bertz CT molecular complexity index is 1170. The fourth-order valence-corrected chi connectivity index (χ4v) is 3.83. The summed E-state index contributed by atoms with van der Waals surface area (Å²) in [4.78, 5) is 27.7. The number of aliphatic hydroxyl groups excluding tert-OH is 1. The molecule has 0 saturated carbocycles. The number of carbonyl (C=O) groups is 2. The van der Waals surface area contributed by atoms with E-state index in [1.807, 2.05) is 0 Å². The molecule has 1 aliphatic heterocycles. The number of nitrogens with zero attached hydrogens (tertiary/aromatic N) is 1. The van der Waals surface area contributed by atoms with Gasteiger partial charge in [-0.3, -0.25) is 9.59 Å². The van der Waals surface area contributed by atoms with Crippen LogP contribution in [0.2, 0.25) is 0 Å². The first kappa shape index (κ1) is 20.7. The highest BCUT2D eigenvalue weighted by Gasteiger charge is 2.45. The summed E-state index contributed by atoms with van der Waals surface area (Å²) in [5, 5.41) is 11.3. The number of rotatable bonds is 8. The quantitative estimate of drug-likeness (QED) is 0.430. The zero-order valence-corrected chi connectivity index (χ0v) is 17.5. The van der Waals surface area contributed by atoms with Gasteiger partial charge >= 0.3 is 0 Å².